The van der Waals surface area contributed by atoms with Gasteiger partial charge in [0.1, 0.15) is 5.60 Å². The molecule has 0 heterocycles. The Labute approximate surface area is 114 Å². The molecule has 0 aromatic carbocycles. The number of hydrogen-bond acceptors (Lipinski definition) is 4. The molecular weight excluding hydrogens is 244 g/mol. The van der Waals surface area contributed by atoms with Crippen LogP contribution in [0.15, 0.2) is 11.6 Å². The molecule has 0 aromatic heterocycles. The average molecular weight is 268 g/mol. The van der Waals surface area contributed by atoms with E-state index in [1.165, 1.54) is 6.08 Å². The van der Waals surface area contributed by atoms with Crippen molar-refractivity contribution in [3.63, 3.8) is 0 Å². The van der Waals surface area contributed by atoms with Gasteiger partial charge < -0.3 is 15.3 Å². The van der Waals surface area contributed by atoms with E-state index in [-0.39, 0.29) is 5.78 Å². The van der Waals surface area contributed by atoms with Gasteiger partial charge in [-0.05, 0) is 31.4 Å². The van der Waals surface area contributed by atoms with Crippen LogP contribution in [0.1, 0.15) is 40.5 Å². The van der Waals surface area contributed by atoms with Crippen molar-refractivity contribution in [2.45, 2.75) is 52.2 Å². The van der Waals surface area contributed by atoms with E-state index < -0.39 is 35.1 Å². The Bertz CT molecular complexity index is 439. The van der Waals surface area contributed by atoms with Crippen molar-refractivity contribution < 1.29 is 20.1 Å². The van der Waals surface area contributed by atoms with Crippen molar-refractivity contribution in [1.82, 2.24) is 0 Å². The van der Waals surface area contributed by atoms with Crippen LogP contribution in [-0.2, 0) is 4.79 Å². The zero-order chi connectivity index (χ0) is 14.6. The number of carbonyl (C=O) groups excluding carboxylic acids is 1. The Balaban J connectivity index is 2.63. The minimum Gasteiger partial charge on any atom is -0.393 e. The number of rotatable bonds is 1. The first kappa shape index (κ1) is 14.7. The van der Waals surface area contributed by atoms with Gasteiger partial charge >= 0.3 is 0 Å². The Morgan fingerprint density at radius 2 is 1.95 bits per heavy atom. The topological polar surface area (TPSA) is 77.8 Å². The van der Waals surface area contributed by atoms with Gasteiger partial charge in [0.25, 0.3) is 0 Å². The Morgan fingerprint density at radius 1 is 1.37 bits per heavy atom. The number of aliphatic hydroxyl groups excluding tert-OH is 2. The van der Waals surface area contributed by atoms with Gasteiger partial charge in [-0.15, -0.1) is 0 Å². The van der Waals surface area contributed by atoms with E-state index in [1.807, 2.05) is 20.8 Å². The van der Waals surface area contributed by atoms with Crippen LogP contribution in [-0.4, -0.2) is 39.4 Å². The number of hydrogen-bond donors (Lipinski definition) is 3. The molecule has 19 heavy (non-hydrogen) atoms. The van der Waals surface area contributed by atoms with Gasteiger partial charge in [0.15, 0.2) is 5.78 Å². The fourth-order valence-electron chi connectivity index (χ4n) is 4.26. The molecule has 1 saturated carbocycles. The van der Waals surface area contributed by atoms with Crippen LogP contribution in [0.4, 0.5) is 0 Å². The summed E-state index contributed by atoms with van der Waals surface area (Å²) in [5, 5.41) is 30.8. The van der Waals surface area contributed by atoms with E-state index >= 15 is 0 Å². The molecule has 2 aliphatic rings. The molecule has 1 fully saturated rings. The number of fused-ring (bicyclic) bond motifs is 1. The molecule has 3 N–H and O–H groups in total. The number of allylic oxidation sites excluding steroid dienone is 1. The van der Waals surface area contributed by atoms with Crippen LogP contribution < -0.4 is 0 Å². The fraction of sp³-hybridized carbons (Fsp3) is 0.800. The van der Waals surface area contributed by atoms with Crippen molar-refractivity contribution in [2.75, 3.05) is 6.61 Å². The van der Waals surface area contributed by atoms with E-state index in [1.54, 1.807) is 6.92 Å². The SMILES string of the molecule is CC1=CC(=O)[C@@H]2C(C)(C)[C@H](O)CC[C@]2(C)[C@]1(O)CO. The van der Waals surface area contributed by atoms with Crippen LogP contribution in [0, 0.1) is 16.7 Å². The summed E-state index contributed by atoms with van der Waals surface area (Å²) < 4.78 is 0. The first-order valence-electron chi connectivity index (χ1n) is 6.85. The molecule has 4 heteroatoms. The second-order valence-corrected chi connectivity index (χ2v) is 6.97. The number of carbonyl (C=O) groups is 1. The predicted octanol–water partition coefficient (Wildman–Crippen LogP) is 1.04. The molecule has 0 unspecified atom stereocenters. The predicted molar refractivity (Wildman–Crippen MR) is 71.4 cm³/mol. The van der Waals surface area contributed by atoms with Gasteiger partial charge in [0.2, 0.25) is 0 Å². The molecule has 0 bridgehead atoms. The van der Waals surface area contributed by atoms with Crippen molar-refractivity contribution in [3.8, 4) is 0 Å². The van der Waals surface area contributed by atoms with Crippen LogP contribution in [0.3, 0.4) is 0 Å². The quantitative estimate of drug-likeness (QED) is 0.664. The third-order valence-electron chi connectivity index (χ3n) is 5.65. The van der Waals surface area contributed by atoms with Crippen molar-refractivity contribution in [2.24, 2.45) is 16.7 Å². The van der Waals surface area contributed by atoms with E-state index in [0.29, 0.717) is 18.4 Å². The summed E-state index contributed by atoms with van der Waals surface area (Å²) in [5.41, 5.74) is -2.21. The fourth-order valence-corrected chi connectivity index (χ4v) is 4.26. The molecule has 4 atom stereocenters. The smallest absolute Gasteiger partial charge is 0.160 e. The zero-order valence-corrected chi connectivity index (χ0v) is 12.1. The monoisotopic (exact) mass is 268 g/mol. The largest absolute Gasteiger partial charge is 0.393 e. The molecule has 108 valence electrons. The number of ketones is 1. The van der Waals surface area contributed by atoms with Gasteiger partial charge in [-0.3, -0.25) is 4.79 Å². The van der Waals surface area contributed by atoms with E-state index in [9.17, 15) is 20.1 Å². The minimum absolute atomic E-state index is 0.0538. The summed E-state index contributed by atoms with van der Waals surface area (Å²) in [6, 6.07) is 0. The lowest BCUT2D eigenvalue weighted by molar-refractivity contribution is -0.191. The maximum atomic E-state index is 12.4. The molecule has 4 nitrogen and oxygen atoms in total. The van der Waals surface area contributed by atoms with Crippen molar-refractivity contribution in [3.05, 3.63) is 11.6 Å². The van der Waals surface area contributed by atoms with Crippen molar-refractivity contribution in [1.29, 1.82) is 0 Å². The van der Waals surface area contributed by atoms with Crippen LogP contribution in [0.5, 0.6) is 0 Å². The van der Waals surface area contributed by atoms with E-state index in [4.69, 9.17) is 0 Å². The molecule has 0 aromatic rings. The molecule has 2 rings (SSSR count). The lowest BCUT2D eigenvalue weighted by atomic mass is 9.46. The molecule has 0 spiro atoms. The van der Waals surface area contributed by atoms with Crippen LogP contribution in [0.2, 0.25) is 0 Å². The lowest BCUT2D eigenvalue weighted by Crippen LogP contribution is -2.65. The van der Waals surface area contributed by atoms with Crippen LogP contribution in [0.25, 0.3) is 0 Å². The van der Waals surface area contributed by atoms with Crippen LogP contribution >= 0.6 is 0 Å². The lowest BCUT2D eigenvalue weighted by Gasteiger charge is -2.59. The zero-order valence-electron chi connectivity index (χ0n) is 12.1. The highest BCUT2D eigenvalue weighted by atomic mass is 16.3. The van der Waals surface area contributed by atoms with E-state index in [2.05, 4.69) is 0 Å². The van der Waals surface area contributed by atoms with E-state index in [0.717, 1.165) is 0 Å². The van der Waals surface area contributed by atoms with Gasteiger partial charge in [-0.25, -0.2) is 0 Å². The Kier molecular flexibility index (Phi) is 3.20. The standard InChI is InChI=1S/C15H24O4/c1-9-7-10(17)12-13(2,3)11(18)5-6-14(12,4)15(9,19)8-16/h7,11-12,16,18-19H,5-6,8H2,1-4H3/t11-,12-,14+,15+/m1/s1. The van der Waals surface area contributed by atoms with Gasteiger partial charge in [0.05, 0.1) is 12.7 Å². The highest BCUT2D eigenvalue weighted by Crippen LogP contribution is 2.59. The third-order valence-corrected chi connectivity index (χ3v) is 5.65. The minimum atomic E-state index is -1.39. The number of aliphatic hydroxyl groups is 3. The van der Waals surface area contributed by atoms with Gasteiger partial charge in [-0.2, -0.15) is 0 Å². The highest BCUT2D eigenvalue weighted by molar-refractivity contribution is 5.95. The summed E-state index contributed by atoms with van der Waals surface area (Å²) >= 11 is 0. The molecule has 0 radical (unpaired) electrons. The second kappa shape index (κ2) is 4.14. The summed E-state index contributed by atoms with van der Waals surface area (Å²) in [6.07, 6.45) is 1.92. The highest BCUT2D eigenvalue weighted by Gasteiger charge is 2.64. The summed E-state index contributed by atoms with van der Waals surface area (Å²) in [5.74, 6) is -0.536. The maximum absolute atomic E-state index is 12.4. The molecule has 0 aliphatic heterocycles. The molecule has 0 saturated heterocycles. The first-order chi connectivity index (χ1) is 8.61. The average Bonchev–Trinajstić information content (AvgIpc) is 2.31. The molecular formula is C15H24O4. The molecule has 0 amide bonds. The van der Waals surface area contributed by atoms with Crippen molar-refractivity contribution >= 4 is 5.78 Å². The summed E-state index contributed by atoms with van der Waals surface area (Å²) in [6.45, 7) is 6.87. The Morgan fingerprint density at radius 3 is 2.47 bits per heavy atom. The maximum Gasteiger partial charge on any atom is 0.160 e. The summed E-state index contributed by atoms with van der Waals surface area (Å²) in [7, 11) is 0. The molecule has 2 aliphatic carbocycles. The van der Waals surface area contributed by atoms with Gasteiger partial charge in [0, 0.05) is 16.7 Å². The van der Waals surface area contributed by atoms with Gasteiger partial charge in [-0.1, -0.05) is 20.8 Å². The second-order valence-electron chi connectivity index (χ2n) is 6.97. The first-order valence-corrected chi connectivity index (χ1v) is 6.85. The third kappa shape index (κ3) is 1.66. The Hall–Kier alpha value is -0.710. The summed E-state index contributed by atoms with van der Waals surface area (Å²) in [4.78, 5) is 12.4. The normalized spacial score (nSPS) is 45.6.